The molecule has 3 aromatic heterocycles. The summed E-state index contributed by atoms with van der Waals surface area (Å²) in [7, 11) is 0. The van der Waals surface area contributed by atoms with Gasteiger partial charge in [0.1, 0.15) is 23.4 Å². The SMILES string of the molecule is Cc1ccc(NC(=O)N2OCC[C@@H]2c2cccc(C(F)F)c2)cc1Nc1ncccc1-c1ncnc2[nH]cnc12. The maximum atomic E-state index is 13.2. The van der Waals surface area contributed by atoms with Crippen molar-refractivity contribution in [1.82, 2.24) is 30.0 Å². The van der Waals surface area contributed by atoms with E-state index in [1.807, 2.05) is 25.1 Å². The number of alkyl halides is 2. The Kier molecular flexibility index (Phi) is 6.74. The minimum atomic E-state index is -2.60. The molecule has 0 aliphatic carbocycles. The minimum Gasteiger partial charge on any atom is -0.339 e. The van der Waals surface area contributed by atoms with Crippen LogP contribution >= 0.6 is 0 Å². The Labute approximate surface area is 227 Å². The maximum Gasteiger partial charge on any atom is 0.346 e. The van der Waals surface area contributed by atoms with Crippen LogP contribution in [0.15, 0.2) is 73.4 Å². The summed E-state index contributed by atoms with van der Waals surface area (Å²) < 4.78 is 26.5. The summed E-state index contributed by atoms with van der Waals surface area (Å²) in [5, 5.41) is 7.42. The molecule has 12 heteroatoms. The Morgan fingerprint density at radius 3 is 2.88 bits per heavy atom. The fraction of sp³-hybridized carbons (Fsp3) is 0.179. The highest BCUT2D eigenvalue weighted by Gasteiger charge is 2.32. The van der Waals surface area contributed by atoms with Gasteiger partial charge in [0.25, 0.3) is 6.43 Å². The molecule has 5 aromatic rings. The third-order valence-electron chi connectivity index (χ3n) is 6.67. The van der Waals surface area contributed by atoms with Crippen LogP contribution in [-0.4, -0.2) is 42.6 Å². The van der Waals surface area contributed by atoms with Gasteiger partial charge >= 0.3 is 6.03 Å². The smallest absolute Gasteiger partial charge is 0.339 e. The number of aryl methyl sites for hydroxylation is 1. The fourth-order valence-electron chi connectivity index (χ4n) is 4.67. The number of anilines is 3. The van der Waals surface area contributed by atoms with Gasteiger partial charge in [0.2, 0.25) is 0 Å². The number of aromatic amines is 1. The molecular formula is C28H24F2N8O2. The monoisotopic (exact) mass is 542 g/mol. The maximum absolute atomic E-state index is 13.2. The molecule has 1 atom stereocenters. The summed E-state index contributed by atoms with van der Waals surface area (Å²) in [6.07, 6.45) is 2.60. The highest BCUT2D eigenvalue weighted by atomic mass is 19.3. The number of amides is 2. The second-order valence-corrected chi connectivity index (χ2v) is 9.24. The van der Waals surface area contributed by atoms with Crippen LogP contribution in [0.25, 0.3) is 22.4 Å². The molecule has 0 unspecified atom stereocenters. The van der Waals surface area contributed by atoms with Gasteiger partial charge in [0.15, 0.2) is 5.65 Å². The summed E-state index contributed by atoms with van der Waals surface area (Å²) >= 11 is 0. The highest BCUT2D eigenvalue weighted by molar-refractivity contribution is 5.92. The van der Waals surface area contributed by atoms with Crippen LogP contribution in [0.5, 0.6) is 0 Å². The summed E-state index contributed by atoms with van der Waals surface area (Å²) in [5.41, 5.74) is 5.24. The Morgan fingerprint density at radius 2 is 2.00 bits per heavy atom. The van der Waals surface area contributed by atoms with E-state index < -0.39 is 18.5 Å². The molecule has 6 rings (SSSR count). The number of hydrogen-bond donors (Lipinski definition) is 3. The number of pyridine rings is 1. The van der Waals surface area contributed by atoms with Crippen molar-refractivity contribution in [3.05, 3.63) is 90.1 Å². The number of hydrogen-bond acceptors (Lipinski definition) is 7. The van der Waals surface area contributed by atoms with Crippen LogP contribution < -0.4 is 10.6 Å². The predicted octanol–water partition coefficient (Wildman–Crippen LogP) is 6.32. The third kappa shape index (κ3) is 4.92. The topological polar surface area (TPSA) is 121 Å². The normalized spacial score (nSPS) is 15.1. The van der Waals surface area contributed by atoms with E-state index in [0.29, 0.717) is 52.6 Å². The molecule has 0 spiro atoms. The first-order valence-electron chi connectivity index (χ1n) is 12.6. The van der Waals surface area contributed by atoms with Crippen molar-refractivity contribution in [2.75, 3.05) is 17.2 Å². The van der Waals surface area contributed by atoms with E-state index in [1.54, 1.807) is 36.8 Å². The minimum absolute atomic E-state index is 0.0945. The van der Waals surface area contributed by atoms with Crippen LogP contribution in [0, 0.1) is 6.92 Å². The number of aromatic nitrogens is 5. The van der Waals surface area contributed by atoms with Crippen molar-refractivity contribution in [2.24, 2.45) is 0 Å². The second kappa shape index (κ2) is 10.7. The van der Waals surface area contributed by atoms with Crippen LogP contribution in [0.3, 0.4) is 0 Å². The number of imidazole rings is 1. The van der Waals surface area contributed by atoms with Gasteiger partial charge in [-0.25, -0.2) is 33.5 Å². The zero-order valence-corrected chi connectivity index (χ0v) is 21.3. The van der Waals surface area contributed by atoms with Crippen molar-refractivity contribution in [1.29, 1.82) is 0 Å². The second-order valence-electron chi connectivity index (χ2n) is 9.24. The molecule has 10 nitrogen and oxygen atoms in total. The highest BCUT2D eigenvalue weighted by Crippen LogP contribution is 2.34. The Bertz CT molecular complexity index is 1690. The number of rotatable bonds is 6. The number of nitrogens with one attached hydrogen (secondary N) is 3. The molecule has 1 fully saturated rings. The molecule has 1 aliphatic rings. The lowest BCUT2D eigenvalue weighted by molar-refractivity contribution is -0.0830. The molecule has 0 saturated carbocycles. The van der Waals surface area contributed by atoms with Crippen LogP contribution in [0.1, 0.15) is 35.6 Å². The Morgan fingerprint density at radius 1 is 1.10 bits per heavy atom. The third-order valence-corrected chi connectivity index (χ3v) is 6.67. The Hall–Kier alpha value is -4.97. The largest absolute Gasteiger partial charge is 0.346 e. The van der Waals surface area contributed by atoms with Crippen LogP contribution in [-0.2, 0) is 4.84 Å². The number of hydroxylamine groups is 2. The Balaban J connectivity index is 1.24. The summed E-state index contributed by atoms with van der Waals surface area (Å²) in [4.78, 5) is 39.3. The average Bonchev–Trinajstić information content (AvgIpc) is 3.65. The molecule has 40 heavy (non-hydrogen) atoms. The molecule has 3 N–H and O–H groups in total. The molecule has 0 bridgehead atoms. The number of halogens is 2. The standard InChI is InChI=1S/C28H24F2N8O2/c1-16-7-8-19(36-28(39)38-22(9-11-40-38)17-4-2-5-18(12-17)25(29)30)13-21(16)37-26-20(6-3-10-31-26)23-24-27(34-14-32-23)35-15-33-24/h2-8,10,12-15,22,25H,9,11H2,1H3,(H,31,37)(H,36,39)(H,32,33,34,35)/t22-/m1/s1. The van der Waals surface area contributed by atoms with Gasteiger partial charge in [0.05, 0.1) is 19.0 Å². The molecule has 1 saturated heterocycles. The molecule has 0 radical (unpaired) electrons. The number of benzene rings is 2. The lowest BCUT2D eigenvalue weighted by atomic mass is 10.0. The van der Waals surface area contributed by atoms with E-state index in [-0.39, 0.29) is 5.56 Å². The van der Waals surface area contributed by atoms with Crippen molar-refractivity contribution in [3.8, 4) is 11.3 Å². The first-order valence-corrected chi connectivity index (χ1v) is 12.6. The number of nitrogens with zero attached hydrogens (tertiary/aromatic N) is 5. The van der Waals surface area contributed by atoms with Gasteiger partial charge < -0.3 is 15.6 Å². The predicted molar refractivity (Wildman–Crippen MR) is 145 cm³/mol. The van der Waals surface area contributed by atoms with E-state index in [4.69, 9.17) is 4.84 Å². The number of fused-ring (bicyclic) bond motifs is 1. The van der Waals surface area contributed by atoms with Gasteiger partial charge in [-0.1, -0.05) is 24.3 Å². The number of H-pyrrole nitrogens is 1. The summed E-state index contributed by atoms with van der Waals surface area (Å²) in [6.45, 7) is 2.23. The van der Waals surface area contributed by atoms with Gasteiger partial charge in [-0.3, -0.25) is 4.84 Å². The van der Waals surface area contributed by atoms with Gasteiger partial charge in [-0.05, 0) is 48.4 Å². The number of urea groups is 1. The lowest BCUT2D eigenvalue weighted by Crippen LogP contribution is -2.33. The molecule has 2 amide bonds. The average molecular weight is 543 g/mol. The van der Waals surface area contributed by atoms with Gasteiger partial charge in [0, 0.05) is 35.1 Å². The molecule has 4 heterocycles. The van der Waals surface area contributed by atoms with E-state index in [0.717, 1.165) is 11.1 Å². The molecule has 202 valence electrons. The van der Waals surface area contributed by atoms with E-state index in [9.17, 15) is 13.6 Å². The lowest BCUT2D eigenvalue weighted by Gasteiger charge is -2.24. The first-order chi connectivity index (χ1) is 19.5. The van der Waals surface area contributed by atoms with Crippen LogP contribution in [0.2, 0.25) is 0 Å². The first kappa shape index (κ1) is 25.3. The van der Waals surface area contributed by atoms with Crippen molar-refractivity contribution in [3.63, 3.8) is 0 Å². The van der Waals surface area contributed by atoms with E-state index in [1.165, 1.54) is 23.5 Å². The van der Waals surface area contributed by atoms with Crippen molar-refractivity contribution in [2.45, 2.75) is 25.8 Å². The van der Waals surface area contributed by atoms with Crippen molar-refractivity contribution < 1.29 is 18.4 Å². The van der Waals surface area contributed by atoms with Gasteiger partial charge in [-0.2, -0.15) is 5.06 Å². The van der Waals surface area contributed by atoms with E-state index >= 15 is 0 Å². The molecule has 2 aromatic carbocycles. The summed E-state index contributed by atoms with van der Waals surface area (Å²) in [6, 6.07) is 14.2. The zero-order valence-electron chi connectivity index (χ0n) is 21.3. The van der Waals surface area contributed by atoms with Crippen molar-refractivity contribution >= 4 is 34.4 Å². The molecular weight excluding hydrogens is 518 g/mol. The van der Waals surface area contributed by atoms with E-state index in [2.05, 4.69) is 35.6 Å². The number of carbonyl (C=O) groups excluding carboxylic acids is 1. The van der Waals surface area contributed by atoms with Crippen LogP contribution in [0.4, 0.5) is 30.8 Å². The summed E-state index contributed by atoms with van der Waals surface area (Å²) in [5.74, 6) is 0.555. The zero-order chi connectivity index (χ0) is 27.6. The number of carbonyl (C=O) groups is 1. The quantitative estimate of drug-likeness (QED) is 0.230. The van der Waals surface area contributed by atoms with Gasteiger partial charge in [-0.15, -0.1) is 0 Å². The molecule has 1 aliphatic heterocycles. The fourth-order valence-corrected chi connectivity index (χ4v) is 4.67.